The molecule has 0 unspecified atom stereocenters. The summed E-state index contributed by atoms with van der Waals surface area (Å²) in [5.74, 6) is -0.392. The summed E-state index contributed by atoms with van der Waals surface area (Å²) in [5, 5.41) is 5.98. The zero-order chi connectivity index (χ0) is 12.9. The number of hydrogen-bond acceptors (Lipinski definition) is 3. The molecule has 0 spiro atoms. The summed E-state index contributed by atoms with van der Waals surface area (Å²) >= 11 is 0. The van der Waals surface area contributed by atoms with Gasteiger partial charge in [0.25, 0.3) is 0 Å². The minimum absolute atomic E-state index is 0.327. The van der Waals surface area contributed by atoms with Crippen molar-refractivity contribution in [3.8, 4) is 0 Å². The summed E-state index contributed by atoms with van der Waals surface area (Å²) < 4.78 is 37.1. The van der Waals surface area contributed by atoms with Crippen LogP contribution in [-0.2, 0) is 6.54 Å². The molecule has 0 aliphatic carbocycles. The number of alkyl halides is 3. The minimum Gasteiger partial charge on any atom is -0.302 e. The number of halogens is 3. The normalized spacial score (nSPS) is 11.8. The van der Waals surface area contributed by atoms with Crippen LogP contribution < -0.4 is 5.32 Å². The highest BCUT2D eigenvalue weighted by Crippen LogP contribution is 2.12. The summed E-state index contributed by atoms with van der Waals surface area (Å²) in [7, 11) is 0. The van der Waals surface area contributed by atoms with Crippen molar-refractivity contribution in [1.82, 2.24) is 15.1 Å². The van der Waals surface area contributed by atoms with Crippen LogP contribution in [-0.4, -0.2) is 34.8 Å². The van der Waals surface area contributed by atoms with Gasteiger partial charge in [0.05, 0.1) is 24.8 Å². The van der Waals surface area contributed by atoms with Crippen LogP contribution >= 0.6 is 0 Å². The lowest BCUT2D eigenvalue weighted by Gasteiger charge is -2.06. The van der Waals surface area contributed by atoms with E-state index < -0.39 is 18.5 Å². The van der Waals surface area contributed by atoms with Crippen LogP contribution in [0, 0.1) is 0 Å². The molecule has 4 nitrogen and oxygen atoms in total. The molecule has 0 saturated heterocycles. The van der Waals surface area contributed by atoms with E-state index in [4.69, 9.17) is 0 Å². The first-order valence-corrected chi connectivity index (χ1v) is 5.25. The first-order valence-electron chi connectivity index (χ1n) is 5.25. The Kier molecular flexibility index (Phi) is 4.68. The first-order chi connectivity index (χ1) is 7.92. The number of Topliss-reactive ketones (excluding diaryl/α,β-unsaturated/α-hetero) is 1. The molecule has 0 aliphatic rings. The molecule has 0 aromatic carbocycles. The van der Waals surface area contributed by atoms with Gasteiger partial charge in [-0.3, -0.25) is 9.48 Å². The molecule has 1 rings (SSSR count). The van der Waals surface area contributed by atoms with E-state index in [0.717, 1.165) is 6.42 Å². The number of rotatable bonds is 6. The van der Waals surface area contributed by atoms with E-state index in [1.165, 1.54) is 6.20 Å². The Morgan fingerprint density at radius 2 is 2.24 bits per heavy atom. The number of ketones is 1. The van der Waals surface area contributed by atoms with Crippen LogP contribution in [0.1, 0.15) is 23.7 Å². The van der Waals surface area contributed by atoms with Crippen LogP contribution in [0.4, 0.5) is 13.2 Å². The molecule has 0 amide bonds. The highest BCUT2D eigenvalue weighted by Gasteiger charge is 2.26. The van der Waals surface area contributed by atoms with Gasteiger partial charge in [-0.25, -0.2) is 0 Å². The second-order valence-corrected chi connectivity index (χ2v) is 3.63. The van der Waals surface area contributed by atoms with Gasteiger partial charge in [0.2, 0.25) is 0 Å². The van der Waals surface area contributed by atoms with Crippen molar-refractivity contribution in [2.24, 2.45) is 0 Å². The van der Waals surface area contributed by atoms with E-state index in [1.54, 1.807) is 10.9 Å². The summed E-state index contributed by atoms with van der Waals surface area (Å²) in [4.78, 5) is 11.5. The Hall–Kier alpha value is -1.37. The molecule has 96 valence electrons. The van der Waals surface area contributed by atoms with Gasteiger partial charge in [0.1, 0.15) is 0 Å². The third kappa shape index (κ3) is 4.99. The third-order valence-electron chi connectivity index (χ3n) is 2.02. The van der Waals surface area contributed by atoms with Gasteiger partial charge in [-0.15, -0.1) is 0 Å². The van der Waals surface area contributed by atoms with E-state index in [1.807, 2.05) is 6.92 Å². The lowest BCUT2D eigenvalue weighted by molar-refractivity contribution is -0.124. The molecule has 0 radical (unpaired) electrons. The maximum absolute atomic E-state index is 11.8. The van der Waals surface area contributed by atoms with Gasteiger partial charge in [-0.1, -0.05) is 6.92 Å². The Labute approximate surface area is 96.8 Å². The lowest BCUT2D eigenvalue weighted by Crippen LogP contribution is -2.32. The summed E-state index contributed by atoms with van der Waals surface area (Å²) in [6.07, 6.45) is -0.511. The maximum atomic E-state index is 11.8. The smallest absolute Gasteiger partial charge is 0.302 e. The standard InChI is InChI=1S/C10H14F3N3O/c1-2-3-16-6-8(4-15-16)9(17)5-14-7-10(11,12)13/h4,6,14H,2-3,5,7H2,1H3. The SMILES string of the molecule is CCCn1cc(C(=O)CNCC(F)(F)F)cn1. The lowest BCUT2D eigenvalue weighted by atomic mass is 10.2. The summed E-state index contributed by atoms with van der Waals surface area (Å²) in [5.41, 5.74) is 0.327. The summed E-state index contributed by atoms with van der Waals surface area (Å²) in [6.45, 7) is 1.15. The minimum atomic E-state index is -4.30. The monoisotopic (exact) mass is 249 g/mol. The molecule has 0 bridgehead atoms. The van der Waals surface area contributed by atoms with Crippen LogP contribution in [0.2, 0.25) is 0 Å². The molecule has 0 atom stereocenters. The molecule has 1 aromatic heterocycles. The zero-order valence-electron chi connectivity index (χ0n) is 9.42. The third-order valence-corrected chi connectivity index (χ3v) is 2.02. The zero-order valence-corrected chi connectivity index (χ0v) is 9.42. The molecule has 0 saturated carbocycles. The van der Waals surface area contributed by atoms with E-state index >= 15 is 0 Å². The van der Waals surface area contributed by atoms with Crippen molar-refractivity contribution in [3.63, 3.8) is 0 Å². The predicted octanol–water partition coefficient (Wildman–Crippen LogP) is 1.63. The average Bonchev–Trinajstić information content (AvgIpc) is 2.65. The number of nitrogens with zero attached hydrogens (tertiary/aromatic N) is 2. The second kappa shape index (κ2) is 5.81. The molecule has 0 fully saturated rings. The van der Waals surface area contributed by atoms with E-state index in [9.17, 15) is 18.0 Å². The molecule has 17 heavy (non-hydrogen) atoms. The van der Waals surface area contributed by atoms with Gasteiger partial charge in [-0.2, -0.15) is 18.3 Å². The van der Waals surface area contributed by atoms with Gasteiger partial charge < -0.3 is 5.32 Å². The molecular formula is C10H14F3N3O. The van der Waals surface area contributed by atoms with Crippen molar-refractivity contribution in [2.75, 3.05) is 13.1 Å². The number of nitrogens with one attached hydrogen (secondary N) is 1. The van der Waals surface area contributed by atoms with E-state index in [-0.39, 0.29) is 6.54 Å². The van der Waals surface area contributed by atoms with Crippen LogP contribution in [0.5, 0.6) is 0 Å². The second-order valence-electron chi connectivity index (χ2n) is 3.63. The Morgan fingerprint density at radius 3 is 2.82 bits per heavy atom. The van der Waals surface area contributed by atoms with Gasteiger partial charge in [0, 0.05) is 12.7 Å². The van der Waals surface area contributed by atoms with E-state index in [2.05, 4.69) is 10.4 Å². The Balaban J connectivity index is 2.41. The van der Waals surface area contributed by atoms with Crippen molar-refractivity contribution in [1.29, 1.82) is 0 Å². The number of hydrogen-bond donors (Lipinski definition) is 1. The highest BCUT2D eigenvalue weighted by molar-refractivity contribution is 5.97. The average molecular weight is 249 g/mol. The number of aromatic nitrogens is 2. The molecule has 0 aliphatic heterocycles. The van der Waals surface area contributed by atoms with Crippen molar-refractivity contribution < 1.29 is 18.0 Å². The first kappa shape index (κ1) is 13.7. The van der Waals surface area contributed by atoms with Crippen LogP contribution in [0.3, 0.4) is 0 Å². The fraction of sp³-hybridized carbons (Fsp3) is 0.600. The number of aryl methyl sites for hydroxylation is 1. The van der Waals surface area contributed by atoms with Crippen molar-refractivity contribution in [2.45, 2.75) is 26.1 Å². The Bertz CT molecular complexity index is 373. The van der Waals surface area contributed by atoms with Crippen molar-refractivity contribution >= 4 is 5.78 Å². The Morgan fingerprint density at radius 1 is 1.53 bits per heavy atom. The van der Waals surface area contributed by atoms with Crippen LogP contribution in [0.25, 0.3) is 0 Å². The molecule has 1 N–H and O–H groups in total. The highest BCUT2D eigenvalue weighted by atomic mass is 19.4. The van der Waals surface area contributed by atoms with Crippen LogP contribution in [0.15, 0.2) is 12.4 Å². The predicted molar refractivity (Wildman–Crippen MR) is 55.8 cm³/mol. The molecule has 1 aromatic rings. The molecule has 7 heteroatoms. The van der Waals surface area contributed by atoms with Gasteiger partial charge in [-0.05, 0) is 6.42 Å². The number of carbonyl (C=O) groups excluding carboxylic acids is 1. The van der Waals surface area contributed by atoms with Gasteiger partial charge in [0.15, 0.2) is 5.78 Å². The number of carbonyl (C=O) groups is 1. The fourth-order valence-electron chi connectivity index (χ4n) is 1.28. The maximum Gasteiger partial charge on any atom is 0.401 e. The van der Waals surface area contributed by atoms with E-state index in [0.29, 0.717) is 12.1 Å². The van der Waals surface area contributed by atoms with Gasteiger partial charge >= 0.3 is 6.18 Å². The topological polar surface area (TPSA) is 46.9 Å². The largest absolute Gasteiger partial charge is 0.401 e. The molecular weight excluding hydrogens is 235 g/mol. The molecule has 1 heterocycles. The fourth-order valence-corrected chi connectivity index (χ4v) is 1.28. The quantitative estimate of drug-likeness (QED) is 0.779. The van der Waals surface area contributed by atoms with Crippen molar-refractivity contribution in [3.05, 3.63) is 18.0 Å². The summed E-state index contributed by atoms with van der Waals surface area (Å²) in [6, 6.07) is 0.